The SMILES string of the molecule is O=C(Nc1ccc(Cl)cc1)N[C@@H](C(=O)N1CCC(N2CCCCC2)CC1)c1ccccc1.O=C(O)C(F)(F)F. The lowest BCUT2D eigenvalue weighted by atomic mass is 9.98. The number of alkyl halides is 3. The van der Waals surface area contributed by atoms with E-state index in [0.29, 0.717) is 16.8 Å². The van der Waals surface area contributed by atoms with Crippen LogP contribution >= 0.6 is 11.6 Å². The molecule has 12 heteroatoms. The van der Waals surface area contributed by atoms with Crippen molar-refractivity contribution in [3.8, 4) is 0 Å². The number of hydrogen-bond acceptors (Lipinski definition) is 4. The zero-order valence-electron chi connectivity index (χ0n) is 21.3. The van der Waals surface area contributed by atoms with Crippen LogP contribution in [0.5, 0.6) is 0 Å². The number of nitrogens with zero attached hydrogens (tertiary/aromatic N) is 2. The average Bonchev–Trinajstić information content (AvgIpc) is 2.93. The van der Waals surface area contributed by atoms with Gasteiger partial charge >= 0.3 is 18.2 Å². The number of halogens is 4. The van der Waals surface area contributed by atoms with Crippen molar-refractivity contribution in [2.45, 2.75) is 50.4 Å². The molecule has 0 unspecified atom stereocenters. The van der Waals surface area contributed by atoms with E-state index in [0.717, 1.165) is 31.5 Å². The first-order chi connectivity index (χ1) is 18.5. The number of amides is 3. The maximum Gasteiger partial charge on any atom is 0.490 e. The van der Waals surface area contributed by atoms with Gasteiger partial charge in [0.1, 0.15) is 6.04 Å². The van der Waals surface area contributed by atoms with Crippen LogP contribution in [0.3, 0.4) is 0 Å². The van der Waals surface area contributed by atoms with Crippen LogP contribution in [0, 0.1) is 0 Å². The molecular weight excluding hydrogens is 537 g/mol. The summed E-state index contributed by atoms with van der Waals surface area (Å²) in [5.74, 6) is -2.81. The Morgan fingerprint density at radius 3 is 2.00 bits per heavy atom. The van der Waals surface area contributed by atoms with Crippen molar-refractivity contribution in [1.29, 1.82) is 0 Å². The van der Waals surface area contributed by atoms with Crippen LogP contribution in [-0.4, -0.2) is 71.2 Å². The molecule has 3 N–H and O–H groups in total. The highest BCUT2D eigenvalue weighted by atomic mass is 35.5. The number of nitrogens with one attached hydrogen (secondary N) is 2. The minimum absolute atomic E-state index is 0.0560. The molecule has 2 aromatic carbocycles. The van der Waals surface area contributed by atoms with E-state index < -0.39 is 24.2 Å². The van der Waals surface area contributed by atoms with Crippen LogP contribution in [0.25, 0.3) is 0 Å². The molecule has 8 nitrogen and oxygen atoms in total. The van der Waals surface area contributed by atoms with Crippen molar-refractivity contribution in [1.82, 2.24) is 15.1 Å². The minimum Gasteiger partial charge on any atom is -0.475 e. The van der Waals surface area contributed by atoms with E-state index in [1.54, 1.807) is 24.3 Å². The summed E-state index contributed by atoms with van der Waals surface area (Å²) < 4.78 is 31.7. The van der Waals surface area contributed by atoms with Crippen molar-refractivity contribution in [2.75, 3.05) is 31.5 Å². The first-order valence-corrected chi connectivity index (χ1v) is 13.1. The van der Waals surface area contributed by atoms with E-state index in [1.165, 1.54) is 32.4 Å². The first kappa shape index (κ1) is 30.2. The second kappa shape index (κ2) is 14.2. The smallest absolute Gasteiger partial charge is 0.475 e. The fourth-order valence-corrected chi connectivity index (χ4v) is 4.81. The number of carboxylic acids is 1. The van der Waals surface area contributed by atoms with Crippen LogP contribution in [-0.2, 0) is 9.59 Å². The molecule has 0 aromatic heterocycles. The second-order valence-corrected chi connectivity index (χ2v) is 9.84. The van der Waals surface area contributed by atoms with Crippen molar-refractivity contribution in [2.24, 2.45) is 0 Å². The number of piperidine rings is 2. The lowest BCUT2D eigenvalue weighted by Crippen LogP contribution is -2.51. The number of carbonyl (C=O) groups is 3. The molecule has 1 atom stereocenters. The molecule has 0 radical (unpaired) electrons. The van der Waals surface area contributed by atoms with Gasteiger partial charge in [-0.25, -0.2) is 9.59 Å². The summed E-state index contributed by atoms with van der Waals surface area (Å²) in [6, 6.07) is 15.7. The number of likely N-dealkylation sites (tertiary alicyclic amines) is 2. The number of benzene rings is 2. The summed E-state index contributed by atoms with van der Waals surface area (Å²) in [6.45, 7) is 3.81. The Balaban J connectivity index is 0.000000532. The number of rotatable bonds is 5. The number of anilines is 1. The lowest BCUT2D eigenvalue weighted by Gasteiger charge is -2.41. The van der Waals surface area contributed by atoms with E-state index in [-0.39, 0.29) is 5.91 Å². The molecule has 2 aromatic rings. The maximum absolute atomic E-state index is 13.5. The van der Waals surface area contributed by atoms with Gasteiger partial charge in [0.05, 0.1) is 0 Å². The van der Waals surface area contributed by atoms with E-state index in [9.17, 15) is 22.8 Å². The van der Waals surface area contributed by atoms with Gasteiger partial charge in [-0.1, -0.05) is 48.4 Å². The summed E-state index contributed by atoms with van der Waals surface area (Å²) in [7, 11) is 0. The second-order valence-electron chi connectivity index (χ2n) is 9.41. The van der Waals surface area contributed by atoms with E-state index in [2.05, 4.69) is 15.5 Å². The number of carbonyl (C=O) groups excluding carboxylic acids is 2. The van der Waals surface area contributed by atoms with Gasteiger partial charge in [0, 0.05) is 29.8 Å². The Bertz CT molecular complexity index is 1090. The predicted octanol–water partition coefficient (Wildman–Crippen LogP) is 5.31. The topological polar surface area (TPSA) is 102 Å². The summed E-state index contributed by atoms with van der Waals surface area (Å²) in [5.41, 5.74) is 1.40. The highest BCUT2D eigenvalue weighted by molar-refractivity contribution is 6.30. The molecule has 212 valence electrons. The standard InChI is InChI=1S/C25H31ClN4O2.C2HF3O2/c26-20-9-11-21(12-10-20)27-25(32)28-23(19-7-3-1-4-8-19)24(31)30-17-13-22(14-18-30)29-15-5-2-6-16-29;3-2(4,5)1(6)7/h1,3-4,7-12,22-23H,2,5-6,13-18H2,(H2,27,28,32);(H,6,7)/t23-;/m1./s1. The molecule has 0 saturated carbocycles. The molecule has 4 rings (SSSR count). The van der Waals surface area contributed by atoms with Crippen LogP contribution in [0.1, 0.15) is 43.7 Å². The van der Waals surface area contributed by atoms with Gasteiger partial charge in [-0.3, -0.25) is 4.79 Å². The van der Waals surface area contributed by atoms with Gasteiger partial charge in [-0.05, 0) is 68.6 Å². The molecular formula is C27H32ClF3N4O4. The minimum atomic E-state index is -5.08. The third kappa shape index (κ3) is 9.43. The zero-order valence-corrected chi connectivity index (χ0v) is 22.0. The number of aliphatic carboxylic acids is 1. The highest BCUT2D eigenvalue weighted by Crippen LogP contribution is 2.24. The van der Waals surface area contributed by atoms with Crippen molar-refractivity contribution in [3.05, 3.63) is 65.2 Å². The summed E-state index contributed by atoms with van der Waals surface area (Å²) in [6.07, 6.45) is 0.786. The first-order valence-electron chi connectivity index (χ1n) is 12.8. The van der Waals surface area contributed by atoms with Crippen LogP contribution in [0.15, 0.2) is 54.6 Å². The quantitative estimate of drug-likeness (QED) is 0.453. The Morgan fingerprint density at radius 2 is 1.46 bits per heavy atom. The molecule has 2 aliphatic heterocycles. The van der Waals surface area contributed by atoms with Crippen LogP contribution in [0.2, 0.25) is 5.02 Å². The zero-order chi connectivity index (χ0) is 28.4. The Hall–Kier alpha value is -3.31. The molecule has 0 bridgehead atoms. The fourth-order valence-electron chi connectivity index (χ4n) is 4.68. The third-order valence-electron chi connectivity index (χ3n) is 6.68. The summed E-state index contributed by atoms with van der Waals surface area (Å²) in [5, 5.41) is 13.4. The average molecular weight is 569 g/mol. The number of hydrogen-bond donors (Lipinski definition) is 3. The molecule has 39 heavy (non-hydrogen) atoms. The molecule has 2 fully saturated rings. The van der Waals surface area contributed by atoms with Crippen LogP contribution < -0.4 is 10.6 Å². The molecule has 0 spiro atoms. The van der Waals surface area contributed by atoms with Gasteiger partial charge in [0.25, 0.3) is 0 Å². The highest BCUT2D eigenvalue weighted by Gasteiger charge is 2.38. The van der Waals surface area contributed by atoms with Gasteiger partial charge in [-0.15, -0.1) is 0 Å². The van der Waals surface area contributed by atoms with E-state index in [4.69, 9.17) is 21.5 Å². The molecule has 2 saturated heterocycles. The Labute approximate surface area is 230 Å². The van der Waals surface area contributed by atoms with E-state index in [1.807, 2.05) is 35.2 Å². The summed E-state index contributed by atoms with van der Waals surface area (Å²) in [4.78, 5) is 39.6. The van der Waals surface area contributed by atoms with Crippen LogP contribution in [0.4, 0.5) is 23.7 Å². The molecule has 2 heterocycles. The molecule has 3 amide bonds. The molecule has 0 aliphatic carbocycles. The third-order valence-corrected chi connectivity index (χ3v) is 6.94. The predicted molar refractivity (Wildman–Crippen MR) is 142 cm³/mol. The summed E-state index contributed by atoms with van der Waals surface area (Å²) >= 11 is 5.92. The van der Waals surface area contributed by atoms with Crippen molar-refractivity contribution < 1.29 is 32.7 Å². The van der Waals surface area contributed by atoms with Crippen molar-refractivity contribution >= 4 is 35.2 Å². The fraction of sp³-hybridized carbons (Fsp3) is 0.444. The maximum atomic E-state index is 13.5. The Kier molecular flexibility index (Phi) is 11.0. The largest absolute Gasteiger partial charge is 0.490 e. The monoisotopic (exact) mass is 568 g/mol. The lowest BCUT2D eigenvalue weighted by molar-refractivity contribution is -0.192. The Morgan fingerprint density at radius 1 is 0.897 bits per heavy atom. The van der Waals surface area contributed by atoms with Gasteiger partial charge in [0.2, 0.25) is 5.91 Å². The number of urea groups is 1. The normalized spacial score (nSPS) is 17.4. The van der Waals surface area contributed by atoms with Gasteiger partial charge in [0.15, 0.2) is 0 Å². The molecule has 2 aliphatic rings. The van der Waals surface area contributed by atoms with Gasteiger partial charge < -0.3 is 25.5 Å². The number of carboxylic acid groups (broad SMARTS) is 1. The van der Waals surface area contributed by atoms with E-state index >= 15 is 0 Å². The van der Waals surface area contributed by atoms with Gasteiger partial charge in [-0.2, -0.15) is 13.2 Å². The van der Waals surface area contributed by atoms with Crippen molar-refractivity contribution in [3.63, 3.8) is 0 Å².